The molecule has 10 atom stereocenters. The second-order valence-electron chi connectivity index (χ2n) is 8.45. The highest BCUT2D eigenvalue weighted by molar-refractivity contribution is 4.94. The van der Waals surface area contributed by atoms with Crippen molar-refractivity contribution in [3.05, 3.63) is 10.4 Å². The lowest BCUT2D eigenvalue weighted by Gasteiger charge is -2.28. The second-order valence-corrected chi connectivity index (χ2v) is 8.45. The van der Waals surface area contributed by atoms with Crippen LogP contribution in [-0.2, 0) is 18.9 Å². The van der Waals surface area contributed by atoms with Gasteiger partial charge in [0, 0.05) is 18.1 Å². The second kappa shape index (κ2) is 15.1. The number of hydrogen-bond donors (Lipinski definition) is 7. The maximum absolute atomic E-state index is 10.4. The van der Waals surface area contributed by atoms with Gasteiger partial charge in [0.25, 0.3) is 0 Å². The first kappa shape index (κ1) is 29.1. The molecule has 0 amide bonds. The molecule has 0 aliphatic carbocycles. The Hall–Kier alpha value is -1.13. The van der Waals surface area contributed by atoms with Gasteiger partial charge in [0.15, 0.2) is 12.6 Å². The summed E-state index contributed by atoms with van der Waals surface area (Å²) >= 11 is 0. The van der Waals surface area contributed by atoms with E-state index in [0.29, 0.717) is 13.0 Å². The number of rotatable bonds is 16. The minimum absolute atomic E-state index is 0.280. The van der Waals surface area contributed by atoms with Crippen molar-refractivity contribution in [1.29, 1.82) is 0 Å². The molecule has 0 bridgehead atoms. The third-order valence-electron chi connectivity index (χ3n) is 5.93. The van der Waals surface area contributed by atoms with Crippen molar-refractivity contribution in [3.63, 3.8) is 0 Å². The van der Waals surface area contributed by atoms with Crippen LogP contribution in [0, 0.1) is 0 Å². The molecule has 0 unspecified atom stereocenters. The van der Waals surface area contributed by atoms with Crippen LogP contribution in [0.15, 0.2) is 5.11 Å². The molecule has 0 aromatic carbocycles. The van der Waals surface area contributed by atoms with Gasteiger partial charge in [-0.3, -0.25) is 0 Å². The van der Waals surface area contributed by atoms with E-state index in [4.69, 9.17) is 29.6 Å². The number of aliphatic hydroxyl groups excluding tert-OH is 7. The molecule has 198 valence electrons. The lowest BCUT2D eigenvalue weighted by atomic mass is 10.1. The van der Waals surface area contributed by atoms with Gasteiger partial charge in [-0.25, -0.2) is 0 Å². The predicted molar refractivity (Wildman–Crippen MR) is 114 cm³/mol. The average molecular weight is 496 g/mol. The van der Waals surface area contributed by atoms with Crippen LogP contribution in [0.1, 0.15) is 38.5 Å². The summed E-state index contributed by atoms with van der Waals surface area (Å²) in [7, 11) is 0. The number of ether oxygens (including phenoxy) is 4. The molecule has 7 N–H and O–H groups in total. The van der Waals surface area contributed by atoms with E-state index in [0.717, 1.165) is 32.1 Å². The van der Waals surface area contributed by atoms with Gasteiger partial charge in [0.1, 0.15) is 48.8 Å². The summed E-state index contributed by atoms with van der Waals surface area (Å²) in [5, 5.41) is 72.7. The topological polar surface area (TPSA) is 227 Å². The number of unbranched alkanes of at least 4 members (excludes halogenated alkanes) is 5. The van der Waals surface area contributed by atoms with E-state index in [1.54, 1.807) is 0 Å². The van der Waals surface area contributed by atoms with Crippen molar-refractivity contribution in [2.75, 3.05) is 26.4 Å². The van der Waals surface area contributed by atoms with Crippen LogP contribution in [0.5, 0.6) is 0 Å². The quantitative estimate of drug-likeness (QED) is 0.0551. The van der Waals surface area contributed by atoms with E-state index in [1.165, 1.54) is 0 Å². The fraction of sp³-hybridized carbons (Fsp3) is 1.00. The molecule has 0 spiro atoms. The molecular formula is C20H37N3O11. The third-order valence-corrected chi connectivity index (χ3v) is 5.93. The monoisotopic (exact) mass is 495 g/mol. The van der Waals surface area contributed by atoms with E-state index in [-0.39, 0.29) is 6.61 Å². The Morgan fingerprint density at radius 3 is 2.03 bits per heavy atom. The van der Waals surface area contributed by atoms with Crippen LogP contribution < -0.4 is 0 Å². The standard InChI is InChI=1S/C20H37N3O11/c21-23-22-7-5-3-1-2-4-6-8-31-19-15(29)14(28)18(34-19)12(10-25)32-20-16(30)13(27)17(33-20)11(26)9-24/h11-20,24-30H,1-10H2/t11-,12-,13-,14-,15-,16-,17+,18+,19-,20-/m1/s1. The molecule has 0 saturated carbocycles. The van der Waals surface area contributed by atoms with Crippen molar-refractivity contribution < 1.29 is 54.7 Å². The highest BCUT2D eigenvalue weighted by Crippen LogP contribution is 2.30. The van der Waals surface area contributed by atoms with Gasteiger partial charge < -0.3 is 54.7 Å². The highest BCUT2D eigenvalue weighted by atomic mass is 16.7. The Morgan fingerprint density at radius 2 is 1.38 bits per heavy atom. The molecule has 14 nitrogen and oxygen atoms in total. The van der Waals surface area contributed by atoms with Gasteiger partial charge in [-0.1, -0.05) is 30.8 Å². The summed E-state index contributed by atoms with van der Waals surface area (Å²) in [6, 6.07) is 0. The lowest BCUT2D eigenvalue weighted by Crippen LogP contribution is -2.46. The lowest BCUT2D eigenvalue weighted by molar-refractivity contribution is -0.243. The van der Waals surface area contributed by atoms with Gasteiger partial charge in [0.2, 0.25) is 0 Å². The molecule has 2 heterocycles. The Morgan fingerprint density at radius 1 is 0.794 bits per heavy atom. The van der Waals surface area contributed by atoms with Crippen LogP contribution in [0.2, 0.25) is 0 Å². The number of aliphatic hydroxyl groups is 7. The van der Waals surface area contributed by atoms with E-state index in [1.807, 2.05) is 0 Å². The number of nitrogens with zero attached hydrogens (tertiary/aromatic N) is 3. The fourth-order valence-corrected chi connectivity index (χ4v) is 3.96. The number of azide groups is 1. The van der Waals surface area contributed by atoms with E-state index in [2.05, 4.69) is 10.0 Å². The molecule has 2 rings (SSSR count). The molecule has 34 heavy (non-hydrogen) atoms. The van der Waals surface area contributed by atoms with E-state index >= 15 is 0 Å². The highest BCUT2D eigenvalue weighted by Gasteiger charge is 2.51. The summed E-state index contributed by atoms with van der Waals surface area (Å²) in [5.74, 6) is 0. The van der Waals surface area contributed by atoms with Crippen molar-refractivity contribution in [2.24, 2.45) is 5.11 Å². The molecule has 0 aromatic heterocycles. The molecule has 2 saturated heterocycles. The normalized spacial score (nSPS) is 35.3. The van der Waals surface area contributed by atoms with Gasteiger partial charge in [-0.2, -0.15) is 0 Å². The zero-order chi connectivity index (χ0) is 25.1. The SMILES string of the molecule is [N-]=[N+]=NCCCCCCCCO[C@@H]1O[C@@H]([C@@H](CO)O[C@@H]2O[C@@H]([C@H](O)CO)[C@H](O)[C@H]2O)[C@H](O)[C@H]1O. The molecular weight excluding hydrogens is 458 g/mol. The number of hydrogen-bond acceptors (Lipinski definition) is 12. The van der Waals surface area contributed by atoms with Crippen molar-refractivity contribution >= 4 is 0 Å². The maximum Gasteiger partial charge on any atom is 0.187 e. The summed E-state index contributed by atoms with van der Waals surface area (Å²) < 4.78 is 21.8. The van der Waals surface area contributed by atoms with E-state index in [9.17, 15) is 30.6 Å². The van der Waals surface area contributed by atoms with Crippen LogP contribution in [0.3, 0.4) is 0 Å². The summed E-state index contributed by atoms with van der Waals surface area (Å²) in [4.78, 5) is 2.70. The minimum atomic E-state index is -1.59. The Bertz CT molecular complexity index is 627. The molecule has 14 heteroatoms. The predicted octanol–water partition coefficient (Wildman–Crippen LogP) is -1.72. The molecule has 0 aromatic rings. The van der Waals surface area contributed by atoms with E-state index < -0.39 is 74.6 Å². The van der Waals surface area contributed by atoms with Crippen molar-refractivity contribution in [1.82, 2.24) is 0 Å². The molecule has 0 radical (unpaired) electrons. The van der Waals surface area contributed by atoms with Gasteiger partial charge in [-0.15, -0.1) is 0 Å². The van der Waals surface area contributed by atoms with Gasteiger partial charge >= 0.3 is 0 Å². The zero-order valence-corrected chi connectivity index (χ0v) is 18.9. The van der Waals surface area contributed by atoms with Gasteiger partial charge in [-0.05, 0) is 18.4 Å². The first-order chi connectivity index (χ1) is 16.3. The minimum Gasteiger partial charge on any atom is -0.394 e. The van der Waals surface area contributed by atoms with Crippen LogP contribution in [0.25, 0.3) is 10.4 Å². The summed E-state index contributed by atoms with van der Waals surface area (Å²) in [6.45, 7) is -0.605. The van der Waals surface area contributed by atoms with Crippen molar-refractivity contribution in [2.45, 2.75) is 99.9 Å². The maximum atomic E-state index is 10.4. The van der Waals surface area contributed by atoms with Crippen LogP contribution in [-0.4, -0.2) is 124 Å². The molecule has 2 aliphatic rings. The van der Waals surface area contributed by atoms with Crippen molar-refractivity contribution in [3.8, 4) is 0 Å². The first-order valence-corrected chi connectivity index (χ1v) is 11.6. The molecule has 2 fully saturated rings. The average Bonchev–Trinajstić information content (AvgIpc) is 3.28. The van der Waals surface area contributed by atoms with Gasteiger partial charge in [0.05, 0.1) is 13.2 Å². The smallest absolute Gasteiger partial charge is 0.187 e. The van der Waals surface area contributed by atoms with Crippen LogP contribution in [0.4, 0.5) is 0 Å². The first-order valence-electron chi connectivity index (χ1n) is 11.6. The molecule has 2 aliphatic heterocycles. The zero-order valence-electron chi connectivity index (χ0n) is 18.9. The Labute approximate surface area is 197 Å². The Balaban J connectivity index is 1.75. The summed E-state index contributed by atoms with van der Waals surface area (Å²) in [6.07, 6.45) is -8.46. The third kappa shape index (κ3) is 7.95. The fourth-order valence-electron chi connectivity index (χ4n) is 3.96. The Kier molecular flexibility index (Phi) is 12.9. The summed E-state index contributed by atoms with van der Waals surface area (Å²) in [5.41, 5.74) is 8.21. The largest absolute Gasteiger partial charge is 0.394 e. The van der Waals surface area contributed by atoms with Crippen LogP contribution >= 0.6 is 0 Å².